The zero-order valence-electron chi connectivity index (χ0n) is 15.4. The van der Waals surface area contributed by atoms with Crippen LogP contribution in [0.3, 0.4) is 0 Å². The number of methoxy groups -OCH3 is 1. The van der Waals surface area contributed by atoms with Gasteiger partial charge >= 0.3 is 0 Å². The monoisotopic (exact) mass is 368 g/mol. The number of guanidine groups is 1. The van der Waals surface area contributed by atoms with Gasteiger partial charge in [-0.25, -0.2) is 0 Å². The van der Waals surface area contributed by atoms with E-state index in [0.29, 0.717) is 32.1 Å². The summed E-state index contributed by atoms with van der Waals surface area (Å²) in [6, 6.07) is 15.3. The molecule has 0 spiro atoms. The van der Waals surface area contributed by atoms with Gasteiger partial charge in [0.05, 0.1) is 12.3 Å². The van der Waals surface area contributed by atoms with Crippen LogP contribution in [0, 0.1) is 0 Å². The quantitative estimate of drug-likeness (QED) is 0.445. The highest BCUT2D eigenvalue weighted by atomic mass is 16.5. The third-order valence-corrected chi connectivity index (χ3v) is 4.21. The molecule has 2 aromatic carbocycles. The maximum absolute atomic E-state index is 12.1. The lowest BCUT2D eigenvalue weighted by atomic mass is 10.2. The Morgan fingerprint density at radius 1 is 1.26 bits per heavy atom. The SMILES string of the molecule is COCc1ccccc1NC(N)=NCCCN1C(=O)COc2ccccc21. The fourth-order valence-corrected chi connectivity index (χ4v) is 2.93. The molecule has 0 bridgehead atoms. The predicted molar refractivity (Wildman–Crippen MR) is 106 cm³/mol. The second-order valence-electron chi connectivity index (χ2n) is 6.14. The lowest BCUT2D eigenvalue weighted by Gasteiger charge is -2.29. The fraction of sp³-hybridized carbons (Fsp3) is 0.300. The number of ether oxygens (including phenoxy) is 2. The van der Waals surface area contributed by atoms with Crippen LogP contribution in [0.2, 0.25) is 0 Å². The Kier molecular flexibility index (Phi) is 6.27. The number of anilines is 2. The number of fused-ring (bicyclic) bond motifs is 1. The van der Waals surface area contributed by atoms with Crippen molar-refractivity contribution in [3.8, 4) is 5.75 Å². The largest absolute Gasteiger partial charge is 0.482 e. The first-order chi connectivity index (χ1) is 13.2. The molecule has 1 amide bonds. The number of rotatable bonds is 7. The van der Waals surface area contributed by atoms with E-state index >= 15 is 0 Å². The average Bonchev–Trinajstić information content (AvgIpc) is 2.68. The van der Waals surface area contributed by atoms with Gasteiger partial charge in [0.1, 0.15) is 5.75 Å². The fourth-order valence-electron chi connectivity index (χ4n) is 2.93. The topological polar surface area (TPSA) is 89.2 Å². The molecule has 142 valence electrons. The summed E-state index contributed by atoms with van der Waals surface area (Å²) in [7, 11) is 1.65. The molecule has 2 aromatic rings. The number of hydrogen-bond acceptors (Lipinski definition) is 4. The molecule has 0 aromatic heterocycles. The van der Waals surface area contributed by atoms with Crippen molar-refractivity contribution >= 4 is 23.2 Å². The summed E-state index contributed by atoms with van der Waals surface area (Å²) in [5.41, 5.74) is 8.68. The molecule has 0 aliphatic carbocycles. The van der Waals surface area contributed by atoms with Crippen LogP contribution in [0.4, 0.5) is 11.4 Å². The zero-order chi connectivity index (χ0) is 19.1. The van der Waals surface area contributed by atoms with Crippen LogP contribution in [0.5, 0.6) is 5.75 Å². The number of hydrogen-bond donors (Lipinski definition) is 2. The first kappa shape index (κ1) is 18.7. The molecule has 0 fully saturated rings. The Labute approximate surface area is 158 Å². The van der Waals surface area contributed by atoms with Crippen molar-refractivity contribution in [3.05, 3.63) is 54.1 Å². The minimum atomic E-state index is -0.0442. The third kappa shape index (κ3) is 4.77. The number of carbonyl (C=O) groups excluding carboxylic acids is 1. The van der Waals surface area contributed by atoms with Gasteiger partial charge in [-0.15, -0.1) is 0 Å². The van der Waals surface area contributed by atoms with E-state index in [1.54, 1.807) is 12.0 Å². The van der Waals surface area contributed by atoms with Crippen molar-refractivity contribution < 1.29 is 14.3 Å². The van der Waals surface area contributed by atoms with Crippen molar-refractivity contribution in [1.82, 2.24) is 0 Å². The summed E-state index contributed by atoms with van der Waals surface area (Å²) in [5.74, 6) is 1.03. The van der Waals surface area contributed by atoms with E-state index in [4.69, 9.17) is 15.2 Å². The van der Waals surface area contributed by atoms with E-state index in [0.717, 1.165) is 22.7 Å². The molecule has 0 saturated carbocycles. The van der Waals surface area contributed by atoms with Crippen molar-refractivity contribution in [2.24, 2.45) is 10.7 Å². The summed E-state index contributed by atoms with van der Waals surface area (Å²) >= 11 is 0. The summed E-state index contributed by atoms with van der Waals surface area (Å²) in [5, 5.41) is 3.11. The van der Waals surface area contributed by atoms with Crippen LogP contribution in [0.1, 0.15) is 12.0 Å². The number of para-hydroxylation sites is 3. The number of aliphatic imine (C=N–C) groups is 1. The smallest absolute Gasteiger partial charge is 0.265 e. The molecule has 0 unspecified atom stereocenters. The number of benzene rings is 2. The minimum absolute atomic E-state index is 0.0442. The van der Waals surface area contributed by atoms with Gasteiger partial charge in [0.25, 0.3) is 5.91 Å². The van der Waals surface area contributed by atoms with E-state index in [1.165, 1.54) is 0 Å². The Morgan fingerprint density at radius 3 is 2.89 bits per heavy atom. The lowest BCUT2D eigenvalue weighted by molar-refractivity contribution is -0.121. The first-order valence-electron chi connectivity index (χ1n) is 8.85. The average molecular weight is 368 g/mol. The maximum atomic E-state index is 12.1. The van der Waals surface area contributed by atoms with Crippen molar-refractivity contribution in [2.45, 2.75) is 13.0 Å². The van der Waals surface area contributed by atoms with E-state index in [1.807, 2.05) is 48.5 Å². The number of nitrogens with two attached hydrogens (primary N) is 1. The number of carbonyl (C=O) groups is 1. The standard InChI is InChI=1S/C20H24N4O3/c1-26-13-15-7-2-3-8-16(15)23-20(21)22-11-6-12-24-17-9-4-5-10-18(17)27-14-19(24)25/h2-5,7-10H,6,11-14H2,1H3,(H3,21,22,23). The van der Waals surface area contributed by atoms with E-state index in [-0.39, 0.29) is 12.5 Å². The van der Waals surface area contributed by atoms with Crippen LogP contribution in [0.25, 0.3) is 0 Å². The molecular weight excluding hydrogens is 344 g/mol. The molecule has 0 atom stereocenters. The van der Waals surface area contributed by atoms with Gasteiger partial charge in [0, 0.05) is 31.5 Å². The minimum Gasteiger partial charge on any atom is -0.482 e. The number of amides is 1. The Bertz CT molecular complexity index is 822. The van der Waals surface area contributed by atoms with Gasteiger partial charge in [-0.1, -0.05) is 30.3 Å². The number of nitrogens with one attached hydrogen (secondary N) is 1. The molecule has 1 aliphatic heterocycles. The molecule has 7 nitrogen and oxygen atoms in total. The highest BCUT2D eigenvalue weighted by Gasteiger charge is 2.24. The van der Waals surface area contributed by atoms with Gasteiger partial charge in [-0.3, -0.25) is 9.79 Å². The molecule has 27 heavy (non-hydrogen) atoms. The molecule has 0 saturated heterocycles. The Balaban J connectivity index is 1.54. The van der Waals surface area contributed by atoms with Crippen LogP contribution < -0.4 is 20.7 Å². The predicted octanol–water partition coefficient (Wildman–Crippen LogP) is 2.38. The van der Waals surface area contributed by atoms with Crippen molar-refractivity contribution in [2.75, 3.05) is 37.0 Å². The Hall–Kier alpha value is -3.06. The number of nitrogens with zero attached hydrogens (tertiary/aromatic N) is 2. The van der Waals surface area contributed by atoms with Crippen molar-refractivity contribution in [1.29, 1.82) is 0 Å². The van der Waals surface area contributed by atoms with E-state index in [2.05, 4.69) is 10.3 Å². The van der Waals surface area contributed by atoms with Gasteiger partial charge in [0.2, 0.25) is 0 Å². The lowest BCUT2D eigenvalue weighted by Crippen LogP contribution is -2.39. The van der Waals surface area contributed by atoms with Gasteiger partial charge < -0.3 is 25.4 Å². The summed E-state index contributed by atoms with van der Waals surface area (Å²) in [6.07, 6.45) is 0.697. The van der Waals surface area contributed by atoms with Gasteiger partial charge in [-0.05, 0) is 24.6 Å². The molecule has 3 rings (SSSR count). The summed E-state index contributed by atoms with van der Waals surface area (Å²) < 4.78 is 10.6. The van der Waals surface area contributed by atoms with E-state index in [9.17, 15) is 4.79 Å². The second kappa shape index (κ2) is 9.05. The van der Waals surface area contributed by atoms with Crippen LogP contribution in [-0.4, -0.2) is 38.7 Å². The van der Waals surface area contributed by atoms with Gasteiger partial charge in [-0.2, -0.15) is 0 Å². The normalized spacial score (nSPS) is 13.9. The Morgan fingerprint density at radius 2 is 2.04 bits per heavy atom. The molecule has 1 aliphatic rings. The molecule has 3 N–H and O–H groups in total. The highest BCUT2D eigenvalue weighted by Crippen LogP contribution is 2.31. The van der Waals surface area contributed by atoms with Crippen LogP contribution in [-0.2, 0) is 16.1 Å². The first-order valence-corrected chi connectivity index (χ1v) is 8.85. The molecule has 1 heterocycles. The van der Waals surface area contributed by atoms with Crippen molar-refractivity contribution in [3.63, 3.8) is 0 Å². The summed E-state index contributed by atoms with van der Waals surface area (Å²) in [4.78, 5) is 18.2. The molecular formula is C20H24N4O3. The van der Waals surface area contributed by atoms with Gasteiger partial charge in [0.15, 0.2) is 12.6 Å². The van der Waals surface area contributed by atoms with Crippen LogP contribution in [0.15, 0.2) is 53.5 Å². The summed E-state index contributed by atoms with van der Waals surface area (Å²) in [6.45, 7) is 1.64. The second-order valence-corrected chi connectivity index (χ2v) is 6.14. The van der Waals surface area contributed by atoms with Crippen LogP contribution >= 0.6 is 0 Å². The maximum Gasteiger partial charge on any atom is 0.265 e. The zero-order valence-corrected chi connectivity index (χ0v) is 15.4. The molecule has 7 heteroatoms. The molecule has 0 radical (unpaired) electrons. The highest BCUT2D eigenvalue weighted by molar-refractivity contribution is 5.97. The van der Waals surface area contributed by atoms with E-state index < -0.39 is 0 Å². The third-order valence-electron chi connectivity index (χ3n) is 4.21.